The third-order valence-corrected chi connectivity index (χ3v) is 3.92. The van der Waals surface area contributed by atoms with Crippen molar-refractivity contribution >= 4 is 18.3 Å². The van der Waals surface area contributed by atoms with Gasteiger partial charge in [-0.05, 0) is 49.8 Å². The van der Waals surface area contributed by atoms with Crippen molar-refractivity contribution in [2.45, 2.75) is 38.1 Å². The second kappa shape index (κ2) is 8.90. The number of nitrogens with two attached hydrogens (primary N) is 1. The van der Waals surface area contributed by atoms with Crippen molar-refractivity contribution in [3.05, 3.63) is 29.8 Å². The van der Waals surface area contributed by atoms with E-state index in [4.69, 9.17) is 10.5 Å². The Kier molecular flexibility index (Phi) is 7.54. The van der Waals surface area contributed by atoms with Crippen LogP contribution in [-0.4, -0.2) is 25.6 Å². The van der Waals surface area contributed by atoms with E-state index in [0.717, 1.165) is 44.4 Å². The van der Waals surface area contributed by atoms with E-state index in [0.29, 0.717) is 0 Å². The van der Waals surface area contributed by atoms with Gasteiger partial charge in [-0.2, -0.15) is 0 Å². The molecule has 1 aromatic carbocycles. The van der Waals surface area contributed by atoms with Gasteiger partial charge in [-0.1, -0.05) is 12.1 Å². The maximum absolute atomic E-state index is 11.9. The summed E-state index contributed by atoms with van der Waals surface area (Å²) in [5.41, 5.74) is 7.07. The second-order valence-corrected chi connectivity index (χ2v) is 5.52. The van der Waals surface area contributed by atoms with Crippen molar-refractivity contribution in [1.82, 2.24) is 5.32 Å². The maximum Gasteiger partial charge on any atom is 0.223 e. The van der Waals surface area contributed by atoms with Gasteiger partial charge in [-0.25, -0.2) is 0 Å². The highest BCUT2D eigenvalue weighted by molar-refractivity contribution is 5.85. The zero-order valence-corrected chi connectivity index (χ0v) is 13.3. The lowest BCUT2D eigenvalue weighted by Gasteiger charge is -2.10. The smallest absolute Gasteiger partial charge is 0.223 e. The van der Waals surface area contributed by atoms with Crippen LogP contribution >= 0.6 is 12.4 Å². The van der Waals surface area contributed by atoms with Crippen LogP contribution in [0.4, 0.5) is 0 Å². The van der Waals surface area contributed by atoms with E-state index in [9.17, 15) is 4.79 Å². The lowest BCUT2D eigenvalue weighted by atomic mass is 10.1. The molecular weight excluding hydrogens is 288 g/mol. The average molecular weight is 313 g/mol. The van der Waals surface area contributed by atoms with Gasteiger partial charge in [-0.3, -0.25) is 4.79 Å². The molecule has 118 valence electrons. The number of halogens is 1. The van der Waals surface area contributed by atoms with Gasteiger partial charge in [0.25, 0.3) is 0 Å². The van der Waals surface area contributed by atoms with Crippen LogP contribution in [0.1, 0.15) is 31.2 Å². The molecule has 1 aliphatic carbocycles. The van der Waals surface area contributed by atoms with E-state index in [1.54, 1.807) is 7.11 Å². The first-order chi connectivity index (χ1) is 9.69. The van der Waals surface area contributed by atoms with Crippen LogP contribution in [0.3, 0.4) is 0 Å². The summed E-state index contributed by atoms with van der Waals surface area (Å²) in [4.78, 5) is 11.9. The average Bonchev–Trinajstić information content (AvgIpc) is 2.90. The molecule has 1 aromatic rings. The molecule has 21 heavy (non-hydrogen) atoms. The fraction of sp³-hybridized carbons (Fsp3) is 0.562. The Balaban J connectivity index is 0.00000220. The Morgan fingerprint density at radius 1 is 1.43 bits per heavy atom. The number of carbonyl (C=O) groups is 1. The highest BCUT2D eigenvalue weighted by Gasteiger charge is 2.27. The fourth-order valence-electron chi connectivity index (χ4n) is 2.73. The number of carbonyl (C=O) groups excluding carboxylic acids is 1. The molecule has 5 heteroatoms. The van der Waals surface area contributed by atoms with E-state index in [1.165, 1.54) is 5.56 Å². The molecule has 2 atom stereocenters. The number of nitrogens with one attached hydrogen (secondary N) is 1. The largest absolute Gasteiger partial charge is 0.497 e. The number of benzene rings is 1. The molecule has 0 radical (unpaired) electrons. The molecule has 1 saturated carbocycles. The number of hydrogen-bond donors (Lipinski definition) is 2. The Morgan fingerprint density at radius 3 is 2.90 bits per heavy atom. The molecule has 0 bridgehead atoms. The molecule has 1 fully saturated rings. The molecule has 0 spiro atoms. The van der Waals surface area contributed by atoms with Crippen LogP contribution in [0.5, 0.6) is 5.75 Å². The summed E-state index contributed by atoms with van der Waals surface area (Å²) in [5.74, 6) is 1.18. The first-order valence-corrected chi connectivity index (χ1v) is 7.35. The first-order valence-electron chi connectivity index (χ1n) is 7.35. The summed E-state index contributed by atoms with van der Waals surface area (Å²) < 4.78 is 5.20. The lowest BCUT2D eigenvalue weighted by Crippen LogP contribution is -2.31. The van der Waals surface area contributed by atoms with Gasteiger partial charge in [0.1, 0.15) is 5.75 Å². The second-order valence-electron chi connectivity index (χ2n) is 5.52. The molecule has 0 saturated heterocycles. The molecule has 1 amide bonds. The van der Waals surface area contributed by atoms with E-state index < -0.39 is 0 Å². The highest BCUT2D eigenvalue weighted by Crippen LogP contribution is 2.24. The Labute approximate surface area is 132 Å². The quantitative estimate of drug-likeness (QED) is 0.792. The third kappa shape index (κ3) is 5.56. The summed E-state index contributed by atoms with van der Waals surface area (Å²) in [5, 5.41) is 3.02. The van der Waals surface area contributed by atoms with Crippen molar-refractivity contribution in [3.8, 4) is 5.75 Å². The first kappa shape index (κ1) is 17.8. The molecule has 0 aliphatic heterocycles. The van der Waals surface area contributed by atoms with E-state index in [-0.39, 0.29) is 30.3 Å². The molecular formula is C16H25ClN2O2. The zero-order valence-electron chi connectivity index (χ0n) is 12.5. The molecule has 3 N–H and O–H groups in total. The van der Waals surface area contributed by atoms with E-state index in [1.807, 2.05) is 18.2 Å². The highest BCUT2D eigenvalue weighted by atomic mass is 35.5. The number of amides is 1. The number of aryl methyl sites for hydroxylation is 1. The fourth-order valence-corrected chi connectivity index (χ4v) is 2.73. The van der Waals surface area contributed by atoms with Gasteiger partial charge in [0.05, 0.1) is 7.11 Å². The Hall–Kier alpha value is -1.26. The lowest BCUT2D eigenvalue weighted by molar-refractivity contribution is -0.124. The maximum atomic E-state index is 11.9. The number of hydrogen-bond acceptors (Lipinski definition) is 3. The zero-order chi connectivity index (χ0) is 14.4. The van der Waals surface area contributed by atoms with Crippen LogP contribution in [0.25, 0.3) is 0 Å². The van der Waals surface area contributed by atoms with Crippen molar-refractivity contribution in [3.63, 3.8) is 0 Å². The van der Waals surface area contributed by atoms with E-state index in [2.05, 4.69) is 11.4 Å². The van der Waals surface area contributed by atoms with E-state index >= 15 is 0 Å². The van der Waals surface area contributed by atoms with Crippen LogP contribution in [0.2, 0.25) is 0 Å². The van der Waals surface area contributed by atoms with Crippen molar-refractivity contribution in [1.29, 1.82) is 0 Å². The van der Waals surface area contributed by atoms with Crippen LogP contribution in [-0.2, 0) is 11.2 Å². The molecule has 1 aliphatic rings. The minimum Gasteiger partial charge on any atom is -0.497 e. The van der Waals surface area contributed by atoms with Gasteiger partial charge in [0.2, 0.25) is 5.91 Å². The summed E-state index contributed by atoms with van der Waals surface area (Å²) in [6.45, 7) is 0.724. The number of ether oxygens (including phenoxy) is 1. The monoisotopic (exact) mass is 312 g/mol. The predicted octanol–water partition coefficient (Wildman–Crippen LogP) is 2.29. The van der Waals surface area contributed by atoms with Gasteiger partial charge < -0.3 is 15.8 Å². The minimum atomic E-state index is 0. The van der Waals surface area contributed by atoms with Gasteiger partial charge in [0, 0.05) is 18.5 Å². The van der Waals surface area contributed by atoms with Gasteiger partial charge in [0.15, 0.2) is 0 Å². The predicted molar refractivity (Wildman–Crippen MR) is 86.9 cm³/mol. The Bertz CT molecular complexity index is 454. The molecule has 2 unspecified atom stereocenters. The molecule has 4 nitrogen and oxygen atoms in total. The SMILES string of the molecule is COc1cccc(CCCNC(=O)C2CCC(N)C2)c1.Cl. The Morgan fingerprint density at radius 2 is 2.24 bits per heavy atom. The van der Waals surface area contributed by atoms with Gasteiger partial charge in [-0.15, -0.1) is 12.4 Å². The van der Waals surface area contributed by atoms with Crippen LogP contribution < -0.4 is 15.8 Å². The number of rotatable bonds is 6. The minimum absolute atomic E-state index is 0. The normalized spacial score (nSPS) is 20.7. The summed E-state index contributed by atoms with van der Waals surface area (Å²) in [6, 6.07) is 8.27. The number of methoxy groups -OCH3 is 1. The summed E-state index contributed by atoms with van der Waals surface area (Å²) in [7, 11) is 1.67. The standard InChI is InChI=1S/C16H24N2O2.ClH/c1-20-15-6-2-4-12(10-15)5-3-9-18-16(19)13-7-8-14(17)11-13;/h2,4,6,10,13-14H,3,5,7-9,11,17H2,1H3,(H,18,19);1H. The van der Waals surface area contributed by atoms with Crippen molar-refractivity contribution in [2.75, 3.05) is 13.7 Å². The topological polar surface area (TPSA) is 64.3 Å². The summed E-state index contributed by atoms with van der Waals surface area (Å²) >= 11 is 0. The van der Waals surface area contributed by atoms with Gasteiger partial charge >= 0.3 is 0 Å². The van der Waals surface area contributed by atoms with Crippen LogP contribution in [0.15, 0.2) is 24.3 Å². The summed E-state index contributed by atoms with van der Waals surface area (Å²) in [6.07, 6.45) is 4.63. The van der Waals surface area contributed by atoms with Crippen molar-refractivity contribution < 1.29 is 9.53 Å². The third-order valence-electron chi connectivity index (χ3n) is 3.92. The molecule has 2 rings (SSSR count). The molecule has 0 heterocycles. The van der Waals surface area contributed by atoms with Crippen molar-refractivity contribution in [2.24, 2.45) is 11.7 Å². The molecule has 0 aromatic heterocycles. The van der Waals surface area contributed by atoms with Crippen LogP contribution in [0, 0.1) is 5.92 Å².